The van der Waals surface area contributed by atoms with Crippen LogP contribution in [0.15, 0.2) is 11.8 Å². The summed E-state index contributed by atoms with van der Waals surface area (Å²) in [7, 11) is 2.29. The molecule has 2 rings (SSSR count). The van der Waals surface area contributed by atoms with Crippen molar-refractivity contribution in [3.63, 3.8) is 0 Å². The summed E-state index contributed by atoms with van der Waals surface area (Å²) in [5.74, 6) is -0.383. The largest absolute Gasteiger partial charge is 0.480 e. The van der Waals surface area contributed by atoms with E-state index in [9.17, 15) is 14.7 Å². The van der Waals surface area contributed by atoms with Crippen molar-refractivity contribution in [2.24, 2.45) is 0 Å². The van der Waals surface area contributed by atoms with Crippen LogP contribution in [0.4, 0.5) is 0 Å². The molecular weight excluding hydrogens is 259 g/mol. The molecule has 0 aliphatic carbocycles. The summed E-state index contributed by atoms with van der Waals surface area (Å²) < 4.78 is 0. The fraction of sp³-hybridized carbons (Fsp3) is 0.600. The molecule has 2 aliphatic rings. The molecule has 1 fully saturated rings. The third kappa shape index (κ3) is 2.43. The van der Waals surface area contributed by atoms with E-state index in [2.05, 4.69) is 14.5 Å². The Morgan fingerprint density at radius 3 is 3.00 bits per heavy atom. The fourth-order valence-electron chi connectivity index (χ4n) is 2.23. The first-order valence-electron chi connectivity index (χ1n) is 5.49. The Hall–Kier alpha value is -0.740. The predicted molar refractivity (Wildman–Crippen MR) is 69.3 cm³/mol. The highest BCUT2D eigenvalue weighted by Gasteiger charge is 2.40. The molecule has 0 saturated carbocycles. The van der Waals surface area contributed by atoms with Crippen molar-refractivity contribution >= 4 is 33.0 Å². The topological polar surface area (TPSA) is 69.6 Å². The van der Waals surface area contributed by atoms with Crippen molar-refractivity contribution in [1.82, 2.24) is 9.99 Å². The lowest BCUT2D eigenvalue weighted by atomic mass is 10.0. The van der Waals surface area contributed by atoms with Crippen LogP contribution in [-0.2, 0) is 9.59 Å². The number of rotatable bonds is 2. The average molecular weight is 274 g/mol. The smallest absolute Gasteiger partial charge is 0.326 e. The molecule has 5 nitrogen and oxygen atoms in total. The highest BCUT2D eigenvalue weighted by molar-refractivity contribution is 8.00. The molecule has 0 aromatic rings. The van der Waals surface area contributed by atoms with Gasteiger partial charge in [0.25, 0.3) is 5.91 Å². The Bertz CT molecular complexity index is 375. The number of aliphatic carboxylic acids is 1. The normalized spacial score (nSPS) is 29.1. The van der Waals surface area contributed by atoms with E-state index in [4.69, 9.17) is 0 Å². The van der Waals surface area contributed by atoms with Crippen LogP contribution in [-0.4, -0.2) is 39.1 Å². The van der Waals surface area contributed by atoms with E-state index in [1.165, 1.54) is 4.90 Å². The molecule has 2 aliphatic heterocycles. The van der Waals surface area contributed by atoms with E-state index in [1.807, 2.05) is 6.08 Å². The van der Waals surface area contributed by atoms with E-state index in [0.717, 1.165) is 18.6 Å². The molecule has 2 N–H and O–H groups in total. The van der Waals surface area contributed by atoms with Crippen molar-refractivity contribution in [3.05, 3.63) is 11.8 Å². The maximum absolute atomic E-state index is 12.2. The number of nitrogens with zero attached hydrogens (tertiary/aromatic N) is 1. The Balaban J connectivity index is 2.29. The summed E-state index contributed by atoms with van der Waals surface area (Å²) in [6.07, 6.45) is 4.10. The van der Waals surface area contributed by atoms with E-state index in [0.29, 0.717) is 12.1 Å². The van der Waals surface area contributed by atoms with Crippen LogP contribution in [0.2, 0.25) is 0 Å². The van der Waals surface area contributed by atoms with Crippen LogP contribution >= 0.6 is 21.2 Å². The molecule has 0 aromatic carbocycles. The zero-order valence-corrected chi connectivity index (χ0v) is 11.2. The van der Waals surface area contributed by atoms with Crippen LogP contribution in [0.3, 0.4) is 0 Å². The number of piperidine rings is 1. The minimum atomic E-state index is -0.909. The van der Waals surface area contributed by atoms with E-state index < -0.39 is 12.0 Å². The number of nitrogens with one attached hydrogen (secondary N) is 1. The van der Waals surface area contributed by atoms with Gasteiger partial charge in [0.15, 0.2) is 0 Å². The zero-order chi connectivity index (χ0) is 12.4. The highest BCUT2D eigenvalue weighted by Crippen LogP contribution is 2.33. The van der Waals surface area contributed by atoms with Gasteiger partial charge < -0.3 is 15.1 Å². The number of hydrogen-bond donors (Lipinski definition) is 2. The Morgan fingerprint density at radius 2 is 2.35 bits per heavy atom. The number of carbonyl (C=O) groups is 2. The molecule has 17 heavy (non-hydrogen) atoms. The highest BCUT2D eigenvalue weighted by atomic mass is 32.2. The molecule has 7 heteroatoms. The predicted octanol–water partition coefficient (Wildman–Crippen LogP) is 0.789. The molecule has 3 unspecified atom stereocenters. The summed E-state index contributed by atoms with van der Waals surface area (Å²) in [5, 5.41) is 12.0. The van der Waals surface area contributed by atoms with Crippen molar-refractivity contribution < 1.29 is 14.7 Å². The number of carboxylic acid groups (broad SMARTS) is 1. The van der Waals surface area contributed by atoms with Crippen molar-refractivity contribution in [2.45, 2.75) is 30.7 Å². The first-order chi connectivity index (χ1) is 8.15. The molecule has 1 saturated heterocycles. The zero-order valence-electron chi connectivity index (χ0n) is 9.26. The molecule has 2 heterocycles. The van der Waals surface area contributed by atoms with Crippen LogP contribution in [0, 0.1) is 0 Å². The monoisotopic (exact) mass is 274 g/mol. The van der Waals surface area contributed by atoms with Gasteiger partial charge in [-0.3, -0.25) is 4.79 Å². The summed E-state index contributed by atoms with van der Waals surface area (Å²) in [6, 6.07) is -0.686. The Labute approximate surface area is 106 Å². The lowest BCUT2D eigenvalue weighted by Crippen LogP contribution is -2.52. The van der Waals surface area contributed by atoms with Gasteiger partial charge in [0.05, 0.1) is 11.1 Å². The summed E-state index contributed by atoms with van der Waals surface area (Å²) in [6.45, 7) is 0. The maximum Gasteiger partial charge on any atom is 0.326 e. The third-order valence-corrected chi connectivity index (χ3v) is 4.57. The minimum Gasteiger partial charge on any atom is -0.480 e. The molecule has 0 radical (unpaired) electrons. The van der Waals surface area contributed by atoms with Gasteiger partial charge in [0.2, 0.25) is 0 Å². The second kappa shape index (κ2) is 5.27. The molecule has 0 spiro atoms. The number of amides is 1. The van der Waals surface area contributed by atoms with Gasteiger partial charge in [0.1, 0.15) is 6.04 Å². The molecule has 3 atom stereocenters. The number of hydrogen-bond acceptors (Lipinski definition) is 4. The molecule has 1 amide bonds. The minimum absolute atomic E-state index is 0.00977. The summed E-state index contributed by atoms with van der Waals surface area (Å²) in [5.41, 5.74) is 0.471. The Morgan fingerprint density at radius 1 is 1.59 bits per heavy atom. The van der Waals surface area contributed by atoms with Crippen LogP contribution in [0.25, 0.3) is 0 Å². The van der Waals surface area contributed by atoms with Crippen LogP contribution in [0.5, 0.6) is 0 Å². The van der Waals surface area contributed by atoms with Gasteiger partial charge in [-0.15, -0.1) is 11.8 Å². The second-order valence-corrected chi connectivity index (χ2v) is 5.55. The molecule has 94 valence electrons. The van der Waals surface area contributed by atoms with Gasteiger partial charge >= 0.3 is 5.97 Å². The van der Waals surface area contributed by atoms with Gasteiger partial charge in [-0.2, -0.15) is 0 Å². The number of fused-ring (bicyclic) bond motifs is 1. The van der Waals surface area contributed by atoms with Crippen molar-refractivity contribution in [2.75, 3.05) is 5.75 Å². The Kier molecular flexibility index (Phi) is 3.94. The van der Waals surface area contributed by atoms with E-state index >= 15 is 0 Å². The number of carbonyl (C=O) groups excluding carboxylic acids is 1. The first-order valence-corrected chi connectivity index (χ1v) is 7.11. The second-order valence-electron chi connectivity index (χ2n) is 4.05. The van der Waals surface area contributed by atoms with Crippen molar-refractivity contribution in [3.8, 4) is 0 Å². The van der Waals surface area contributed by atoms with Crippen LogP contribution in [0.1, 0.15) is 19.3 Å². The first kappa shape index (κ1) is 12.7. The SMILES string of the molecule is O=C(O)C1CCCC2SCC=C(NP)C(=O)N21. The average Bonchev–Trinajstić information content (AvgIpc) is 2.48. The molecule has 0 aromatic heterocycles. The lowest BCUT2D eigenvalue weighted by Gasteiger charge is -2.38. The summed E-state index contributed by atoms with van der Waals surface area (Å²) in [4.78, 5) is 25.0. The third-order valence-electron chi connectivity index (χ3n) is 3.06. The number of thioether (sulfide) groups is 1. The summed E-state index contributed by atoms with van der Waals surface area (Å²) >= 11 is 1.63. The maximum atomic E-state index is 12.2. The lowest BCUT2D eigenvalue weighted by molar-refractivity contribution is -0.151. The van der Waals surface area contributed by atoms with Gasteiger partial charge in [0, 0.05) is 5.75 Å². The van der Waals surface area contributed by atoms with E-state index in [1.54, 1.807) is 11.8 Å². The quantitative estimate of drug-likeness (QED) is 0.729. The standard InChI is InChI=1S/C10H15N2O3PS/c13-9-6(11-16)4-5-17-8-3-1-2-7(10(14)15)12(8)9/h4,7-8,11H,1-3,5,16H2,(H,14,15). The van der Waals surface area contributed by atoms with E-state index in [-0.39, 0.29) is 11.3 Å². The van der Waals surface area contributed by atoms with Crippen molar-refractivity contribution in [1.29, 1.82) is 0 Å². The molecular formula is C10H15N2O3PS. The molecule has 0 bridgehead atoms. The fourth-order valence-corrected chi connectivity index (χ4v) is 3.70. The van der Waals surface area contributed by atoms with Gasteiger partial charge in [-0.1, -0.05) is 0 Å². The van der Waals surface area contributed by atoms with Crippen LogP contribution < -0.4 is 5.09 Å². The van der Waals surface area contributed by atoms with Gasteiger partial charge in [-0.25, -0.2) is 4.79 Å². The number of carboxylic acids is 1. The van der Waals surface area contributed by atoms with Gasteiger partial charge in [-0.05, 0) is 34.7 Å².